The molecule has 0 saturated carbocycles. The molecule has 0 aliphatic heterocycles. The van der Waals surface area contributed by atoms with E-state index in [2.05, 4.69) is 0 Å². The number of amides is 1. The zero-order valence-electron chi connectivity index (χ0n) is 12.1. The molecule has 0 spiro atoms. The molecule has 18 heavy (non-hydrogen) atoms. The molecule has 0 bridgehead atoms. The summed E-state index contributed by atoms with van der Waals surface area (Å²) in [6.45, 7) is 12.1. The summed E-state index contributed by atoms with van der Waals surface area (Å²) in [6, 6.07) is 3.16. The topological polar surface area (TPSA) is 63.3 Å². The number of nitrogens with two attached hydrogens (primary N) is 1. The number of rotatable bonds is 1. The van der Waals surface area contributed by atoms with Crippen LogP contribution in [0.2, 0.25) is 0 Å². The molecule has 1 amide bonds. The van der Waals surface area contributed by atoms with Crippen LogP contribution in [-0.2, 0) is 10.8 Å². The Morgan fingerprint density at radius 2 is 1.44 bits per heavy atom. The average Bonchev–Trinajstić information content (AvgIpc) is 2.13. The monoisotopic (exact) mass is 249 g/mol. The summed E-state index contributed by atoms with van der Waals surface area (Å²) < 4.78 is 0. The Kier molecular flexibility index (Phi) is 3.48. The van der Waals surface area contributed by atoms with Gasteiger partial charge in [-0.3, -0.25) is 4.79 Å². The standard InChI is InChI=1S/C15H23NO2/c1-14(2,3)11-9(13(16)18)7-8-10(17)12(11)15(4,5)6/h7-8,17H,1-6H3,(H2,16,18). The quantitative estimate of drug-likeness (QED) is 0.803. The van der Waals surface area contributed by atoms with E-state index in [1.165, 1.54) is 0 Å². The molecule has 3 N–H and O–H groups in total. The van der Waals surface area contributed by atoms with Gasteiger partial charge in [-0.1, -0.05) is 41.5 Å². The summed E-state index contributed by atoms with van der Waals surface area (Å²) in [5.41, 5.74) is 7.07. The second kappa shape index (κ2) is 4.30. The minimum Gasteiger partial charge on any atom is -0.508 e. The smallest absolute Gasteiger partial charge is 0.249 e. The van der Waals surface area contributed by atoms with Crippen molar-refractivity contribution < 1.29 is 9.90 Å². The molecular formula is C15H23NO2. The molecule has 3 heteroatoms. The van der Waals surface area contributed by atoms with Crippen molar-refractivity contribution >= 4 is 5.91 Å². The van der Waals surface area contributed by atoms with Crippen molar-refractivity contribution in [2.45, 2.75) is 52.4 Å². The van der Waals surface area contributed by atoms with Crippen LogP contribution in [0.4, 0.5) is 0 Å². The Labute approximate surface area is 109 Å². The number of hydrogen-bond acceptors (Lipinski definition) is 2. The molecule has 0 aliphatic carbocycles. The minimum atomic E-state index is -0.453. The van der Waals surface area contributed by atoms with Crippen molar-refractivity contribution in [3.63, 3.8) is 0 Å². The van der Waals surface area contributed by atoms with Gasteiger partial charge in [-0.2, -0.15) is 0 Å². The molecule has 0 radical (unpaired) electrons. The number of phenolic OH excluding ortho intramolecular Hbond substituents is 1. The minimum absolute atomic E-state index is 0.220. The normalized spacial score (nSPS) is 12.6. The lowest BCUT2D eigenvalue weighted by Crippen LogP contribution is -2.27. The van der Waals surface area contributed by atoms with Crippen molar-refractivity contribution in [3.8, 4) is 5.75 Å². The SMILES string of the molecule is CC(C)(C)c1c(O)ccc(C(N)=O)c1C(C)(C)C. The highest BCUT2D eigenvalue weighted by Crippen LogP contribution is 2.41. The fourth-order valence-electron chi connectivity index (χ4n) is 2.34. The lowest BCUT2D eigenvalue weighted by Gasteiger charge is -2.32. The molecule has 0 atom stereocenters. The first-order valence-corrected chi connectivity index (χ1v) is 6.13. The fourth-order valence-corrected chi connectivity index (χ4v) is 2.34. The molecular weight excluding hydrogens is 226 g/mol. The summed E-state index contributed by atoms with van der Waals surface area (Å²) in [6.07, 6.45) is 0. The lowest BCUT2D eigenvalue weighted by molar-refractivity contribution is 0.0998. The van der Waals surface area contributed by atoms with Crippen LogP contribution in [0, 0.1) is 0 Å². The van der Waals surface area contributed by atoms with E-state index in [0.29, 0.717) is 5.56 Å². The molecule has 0 unspecified atom stereocenters. The number of benzene rings is 1. The largest absolute Gasteiger partial charge is 0.508 e. The van der Waals surface area contributed by atoms with Gasteiger partial charge >= 0.3 is 0 Å². The summed E-state index contributed by atoms with van der Waals surface area (Å²) in [7, 11) is 0. The van der Waals surface area contributed by atoms with Gasteiger partial charge in [-0.15, -0.1) is 0 Å². The predicted molar refractivity (Wildman–Crippen MR) is 74.0 cm³/mol. The van der Waals surface area contributed by atoms with E-state index in [1.54, 1.807) is 12.1 Å². The summed E-state index contributed by atoms with van der Waals surface area (Å²) in [5, 5.41) is 10.1. The maximum absolute atomic E-state index is 11.6. The van der Waals surface area contributed by atoms with Crippen LogP contribution in [0.1, 0.15) is 63.0 Å². The third kappa shape index (κ3) is 2.66. The van der Waals surface area contributed by atoms with E-state index < -0.39 is 5.91 Å². The first kappa shape index (κ1) is 14.6. The molecule has 100 valence electrons. The molecule has 0 fully saturated rings. The van der Waals surface area contributed by atoms with E-state index in [9.17, 15) is 9.90 Å². The summed E-state index contributed by atoms with van der Waals surface area (Å²) in [4.78, 5) is 11.6. The van der Waals surface area contributed by atoms with Gasteiger partial charge in [0, 0.05) is 11.1 Å². The second-order valence-corrected chi connectivity index (χ2v) is 6.75. The van der Waals surface area contributed by atoms with Crippen LogP contribution in [0.5, 0.6) is 5.75 Å². The van der Waals surface area contributed by atoms with Gasteiger partial charge in [-0.25, -0.2) is 0 Å². The van der Waals surface area contributed by atoms with E-state index in [4.69, 9.17) is 5.73 Å². The highest BCUT2D eigenvalue weighted by atomic mass is 16.3. The van der Waals surface area contributed by atoms with Crippen LogP contribution >= 0.6 is 0 Å². The maximum Gasteiger partial charge on any atom is 0.249 e. The van der Waals surface area contributed by atoms with Gasteiger partial charge < -0.3 is 10.8 Å². The maximum atomic E-state index is 11.6. The highest BCUT2D eigenvalue weighted by molar-refractivity contribution is 5.95. The second-order valence-electron chi connectivity index (χ2n) is 6.75. The Morgan fingerprint density at radius 3 is 1.78 bits per heavy atom. The molecule has 1 rings (SSSR count). The van der Waals surface area contributed by atoms with Gasteiger partial charge in [0.2, 0.25) is 5.91 Å². The van der Waals surface area contributed by atoms with Crippen molar-refractivity contribution in [2.24, 2.45) is 5.73 Å². The highest BCUT2D eigenvalue weighted by Gasteiger charge is 2.31. The Balaban J connectivity index is 3.79. The summed E-state index contributed by atoms with van der Waals surface area (Å²) >= 11 is 0. The third-order valence-corrected chi connectivity index (χ3v) is 2.95. The number of carbonyl (C=O) groups is 1. The van der Waals surface area contributed by atoms with Gasteiger partial charge in [0.25, 0.3) is 0 Å². The number of hydrogen-bond donors (Lipinski definition) is 2. The molecule has 1 aromatic rings. The lowest BCUT2D eigenvalue weighted by atomic mass is 9.72. The first-order chi connectivity index (χ1) is 7.96. The van der Waals surface area contributed by atoms with Crippen molar-refractivity contribution in [1.29, 1.82) is 0 Å². The Bertz CT molecular complexity index is 476. The van der Waals surface area contributed by atoms with Gasteiger partial charge in [0.05, 0.1) is 0 Å². The number of carbonyl (C=O) groups excluding carboxylic acids is 1. The van der Waals surface area contributed by atoms with Crippen molar-refractivity contribution in [3.05, 3.63) is 28.8 Å². The van der Waals surface area contributed by atoms with Crippen LogP contribution in [0.15, 0.2) is 12.1 Å². The van der Waals surface area contributed by atoms with Crippen LogP contribution < -0.4 is 5.73 Å². The van der Waals surface area contributed by atoms with E-state index in [1.807, 2.05) is 41.5 Å². The zero-order valence-corrected chi connectivity index (χ0v) is 12.1. The van der Waals surface area contributed by atoms with E-state index in [-0.39, 0.29) is 16.6 Å². The molecule has 3 nitrogen and oxygen atoms in total. The van der Waals surface area contributed by atoms with E-state index >= 15 is 0 Å². The number of aromatic hydroxyl groups is 1. The molecule has 0 aromatic heterocycles. The van der Waals surface area contributed by atoms with Crippen LogP contribution in [0.3, 0.4) is 0 Å². The number of primary amides is 1. The van der Waals surface area contributed by atoms with Crippen LogP contribution in [0.25, 0.3) is 0 Å². The third-order valence-electron chi connectivity index (χ3n) is 2.95. The number of phenols is 1. The van der Waals surface area contributed by atoms with E-state index in [0.717, 1.165) is 11.1 Å². The van der Waals surface area contributed by atoms with Gasteiger partial charge in [0.1, 0.15) is 5.75 Å². The Morgan fingerprint density at radius 1 is 1.00 bits per heavy atom. The fraction of sp³-hybridized carbons (Fsp3) is 0.533. The summed E-state index contributed by atoms with van der Waals surface area (Å²) in [5.74, 6) is -0.233. The molecule has 0 saturated heterocycles. The first-order valence-electron chi connectivity index (χ1n) is 6.13. The van der Waals surface area contributed by atoms with Crippen LogP contribution in [-0.4, -0.2) is 11.0 Å². The average molecular weight is 249 g/mol. The molecule has 0 aliphatic rings. The predicted octanol–water partition coefficient (Wildman–Crippen LogP) is 3.09. The van der Waals surface area contributed by atoms with Gasteiger partial charge in [0.15, 0.2) is 0 Å². The Hall–Kier alpha value is -1.51. The molecule has 0 heterocycles. The zero-order chi connectivity index (χ0) is 14.3. The van der Waals surface area contributed by atoms with Crippen molar-refractivity contribution in [2.75, 3.05) is 0 Å². The van der Waals surface area contributed by atoms with Gasteiger partial charge in [-0.05, 0) is 28.5 Å². The molecule has 1 aromatic carbocycles. The van der Waals surface area contributed by atoms with Crippen molar-refractivity contribution in [1.82, 2.24) is 0 Å².